The topological polar surface area (TPSA) is 34.0 Å². The van der Waals surface area contributed by atoms with Crippen molar-refractivity contribution in [2.24, 2.45) is 7.05 Å². The SMILES string of the molecule is C#CCN/C(=C\C(=O)c1ccccc1)c1cc2c(n1C)CCCC2. The molecule has 2 aromatic rings. The van der Waals surface area contributed by atoms with E-state index in [1.165, 1.54) is 24.1 Å². The number of nitrogens with one attached hydrogen (secondary N) is 1. The highest BCUT2D eigenvalue weighted by Crippen LogP contribution is 2.27. The lowest BCUT2D eigenvalue weighted by Crippen LogP contribution is -2.16. The number of rotatable bonds is 5. The maximum atomic E-state index is 12.6. The first-order chi connectivity index (χ1) is 11.7. The monoisotopic (exact) mass is 318 g/mol. The van der Waals surface area contributed by atoms with Gasteiger partial charge in [0.25, 0.3) is 0 Å². The summed E-state index contributed by atoms with van der Waals surface area (Å²) in [7, 11) is 2.07. The van der Waals surface area contributed by atoms with Crippen LogP contribution in [0.25, 0.3) is 5.70 Å². The summed E-state index contributed by atoms with van der Waals surface area (Å²) < 4.78 is 2.20. The van der Waals surface area contributed by atoms with Crippen molar-refractivity contribution in [1.82, 2.24) is 9.88 Å². The number of nitrogens with zero attached hydrogens (tertiary/aromatic N) is 1. The van der Waals surface area contributed by atoms with Gasteiger partial charge < -0.3 is 9.88 Å². The molecular weight excluding hydrogens is 296 g/mol. The molecular formula is C21H22N2O. The fraction of sp³-hybridized carbons (Fsp3) is 0.286. The average molecular weight is 318 g/mol. The number of aromatic nitrogens is 1. The molecule has 122 valence electrons. The first-order valence-corrected chi connectivity index (χ1v) is 8.37. The van der Waals surface area contributed by atoms with Gasteiger partial charge in [0.15, 0.2) is 5.78 Å². The van der Waals surface area contributed by atoms with Crippen LogP contribution in [0.5, 0.6) is 0 Å². The van der Waals surface area contributed by atoms with E-state index in [1.807, 2.05) is 30.3 Å². The molecule has 1 aromatic carbocycles. The Hall–Kier alpha value is -2.73. The van der Waals surface area contributed by atoms with Crippen LogP contribution in [0, 0.1) is 12.3 Å². The van der Waals surface area contributed by atoms with Crippen molar-refractivity contribution < 1.29 is 4.79 Å². The summed E-state index contributed by atoms with van der Waals surface area (Å²) in [4.78, 5) is 12.6. The summed E-state index contributed by atoms with van der Waals surface area (Å²) in [6.07, 6.45) is 11.7. The Morgan fingerprint density at radius 3 is 2.75 bits per heavy atom. The first-order valence-electron chi connectivity index (χ1n) is 8.37. The second-order valence-corrected chi connectivity index (χ2v) is 6.11. The highest BCUT2D eigenvalue weighted by atomic mass is 16.1. The van der Waals surface area contributed by atoms with Crippen molar-refractivity contribution in [3.8, 4) is 12.3 Å². The van der Waals surface area contributed by atoms with Crippen molar-refractivity contribution in [3.63, 3.8) is 0 Å². The van der Waals surface area contributed by atoms with Gasteiger partial charge in [0, 0.05) is 24.4 Å². The molecule has 0 radical (unpaired) electrons. The number of aryl methyl sites for hydroxylation is 1. The fourth-order valence-electron chi connectivity index (χ4n) is 3.30. The Bertz CT molecular complexity index is 806. The summed E-state index contributed by atoms with van der Waals surface area (Å²) in [5.74, 6) is 2.57. The van der Waals surface area contributed by atoms with Crippen molar-refractivity contribution >= 4 is 11.5 Å². The molecule has 0 spiro atoms. The van der Waals surface area contributed by atoms with Gasteiger partial charge in [0.1, 0.15) is 0 Å². The van der Waals surface area contributed by atoms with E-state index in [0.29, 0.717) is 12.1 Å². The molecule has 3 nitrogen and oxygen atoms in total. The molecule has 0 saturated carbocycles. The molecule has 1 aliphatic carbocycles. The zero-order chi connectivity index (χ0) is 16.9. The van der Waals surface area contributed by atoms with Crippen LogP contribution >= 0.6 is 0 Å². The smallest absolute Gasteiger partial charge is 0.187 e. The molecule has 0 bridgehead atoms. The predicted molar refractivity (Wildman–Crippen MR) is 97.6 cm³/mol. The Kier molecular flexibility index (Phi) is 4.86. The van der Waals surface area contributed by atoms with E-state index >= 15 is 0 Å². The van der Waals surface area contributed by atoms with E-state index < -0.39 is 0 Å². The first kappa shape index (κ1) is 16.1. The van der Waals surface area contributed by atoms with Gasteiger partial charge in [-0.3, -0.25) is 4.79 Å². The highest BCUT2D eigenvalue weighted by Gasteiger charge is 2.18. The van der Waals surface area contributed by atoms with Crippen LogP contribution in [0.4, 0.5) is 0 Å². The zero-order valence-corrected chi connectivity index (χ0v) is 14.0. The quantitative estimate of drug-likeness (QED) is 0.521. The number of terminal acetylenes is 1. The van der Waals surface area contributed by atoms with Gasteiger partial charge in [-0.15, -0.1) is 6.42 Å². The van der Waals surface area contributed by atoms with Gasteiger partial charge in [-0.2, -0.15) is 0 Å². The van der Waals surface area contributed by atoms with Crippen molar-refractivity contribution in [1.29, 1.82) is 0 Å². The van der Waals surface area contributed by atoms with Crippen molar-refractivity contribution in [3.05, 3.63) is 65.0 Å². The average Bonchev–Trinajstić information content (AvgIpc) is 2.96. The molecule has 0 saturated heterocycles. The Labute approximate surface area is 143 Å². The second kappa shape index (κ2) is 7.23. The molecule has 3 rings (SSSR count). The number of carbonyl (C=O) groups is 1. The lowest BCUT2D eigenvalue weighted by Gasteiger charge is -2.14. The molecule has 1 heterocycles. The number of hydrogen-bond acceptors (Lipinski definition) is 2. The molecule has 1 N–H and O–H groups in total. The number of fused-ring (bicyclic) bond motifs is 1. The van der Waals surface area contributed by atoms with Crippen molar-refractivity contribution in [2.75, 3.05) is 6.54 Å². The van der Waals surface area contributed by atoms with Gasteiger partial charge in [0.05, 0.1) is 17.9 Å². The minimum atomic E-state index is -0.0192. The lowest BCUT2D eigenvalue weighted by molar-refractivity contribution is 0.104. The van der Waals surface area contributed by atoms with Gasteiger partial charge in [-0.1, -0.05) is 36.3 Å². The van der Waals surface area contributed by atoms with E-state index in [-0.39, 0.29) is 5.78 Å². The summed E-state index contributed by atoms with van der Waals surface area (Å²) in [6.45, 7) is 0.393. The van der Waals surface area contributed by atoms with Crippen LogP contribution in [0.3, 0.4) is 0 Å². The van der Waals surface area contributed by atoms with E-state index in [4.69, 9.17) is 6.42 Å². The van der Waals surface area contributed by atoms with E-state index in [0.717, 1.165) is 24.2 Å². The van der Waals surface area contributed by atoms with Gasteiger partial charge in [0.2, 0.25) is 0 Å². The van der Waals surface area contributed by atoms with Crippen LogP contribution in [0.1, 0.15) is 40.2 Å². The molecule has 1 aromatic heterocycles. The third-order valence-corrected chi connectivity index (χ3v) is 4.55. The van der Waals surface area contributed by atoms with Crippen LogP contribution in [-0.2, 0) is 19.9 Å². The number of carbonyl (C=O) groups excluding carboxylic acids is 1. The summed E-state index contributed by atoms with van der Waals surface area (Å²) in [5, 5.41) is 3.22. The molecule has 0 fully saturated rings. The maximum absolute atomic E-state index is 12.6. The van der Waals surface area contributed by atoms with Crippen LogP contribution in [-0.4, -0.2) is 16.9 Å². The number of ketones is 1. The summed E-state index contributed by atoms with van der Waals surface area (Å²) >= 11 is 0. The third kappa shape index (κ3) is 3.28. The molecule has 1 aliphatic rings. The number of hydrogen-bond donors (Lipinski definition) is 1. The van der Waals surface area contributed by atoms with Crippen LogP contribution in [0.15, 0.2) is 42.5 Å². The Morgan fingerprint density at radius 2 is 2.04 bits per heavy atom. The normalized spacial score (nSPS) is 13.9. The third-order valence-electron chi connectivity index (χ3n) is 4.55. The van der Waals surface area contributed by atoms with Gasteiger partial charge >= 0.3 is 0 Å². The molecule has 0 amide bonds. The molecule has 0 aliphatic heterocycles. The summed E-state index contributed by atoms with van der Waals surface area (Å²) in [6, 6.07) is 11.5. The molecule has 0 atom stereocenters. The lowest BCUT2D eigenvalue weighted by atomic mass is 9.98. The van der Waals surface area contributed by atoms with E-state index in [9.17, 15) is 4.79 Å². The zero-order valence-electron chi connectivity index (χ0n) is 14.0. The van der Waals surface area contributed by atoms with Crippen molar-refractivity contribution in [2.45, 2.75) is 25.7 Å². The van der Waals surface area contributed by atoms with Crippen LogP contribution in [0.2, 0.25) is 0 Å². The van der Waals surface area contributed by atoms with Crippen LogP contribution < -0.4 is 5.32 Å². The molecule has 3 heteroatoms. The maximum Gasteiger partial charge on any atom is 0.187 e. The van der Waals surface area contributed by atoms with Gasteiger partial charge in [-0.25, -0.2) is 0 Å². The molecule has 24 heavy (non-hydrogen) atoms. The molecule has 0 unspecified atom stereocenters. The number of allylic oxidation sites excluding steroid dienone is 1. The van der Waals surface area contributed by atoms with E-state index in [1.54, 1.807) is 6.08 Å². The Morgan fingerprint density at radius 1 is 1.29 bits per heavy atom. The largest absolute Gasteiger partial charge is 0.372 e. The second-order valence-electron chi connectivity index (χ2n) is 6.11. The summed E-state index contributed by atoms with van der Waals surface area (Å²) in [5.41, 5.74) is 5.26. The standard InChI is InChI=1S/C21H22N2O/c1-3-13-22-18(15-21(24)16-9-5-4-6-10-16)20-14-17-11-7-8-12-19(17)23(20)2/h1,4-6,9-10,14-15,22H,7-8,11-13H2,2H3/b18-15-. The minimum absolute atomic E-state index is 0.0192. The fourth-order valence-corrected chi connectivity index (χ4v) is 3.30. The Balaban J connectivity index is 1.98. The van der Waals surface area contributed by atoms with E-state index in [2.05, 4.69) is 28.9 Å². The minimum Gasteiger partial charge on any atom is -0.372 e. The predicted octanol–water partition coefficient (Wildman–Crippen LogP) is 3.35. The van der Waals surface area contributed by atoms with Gasteiger partial charge in [-0.05, 0) is 37.3 Å². The number of benzene rings is 1. The highest BCUT2D eigenvalue weighted by molar-refractivity contribution is 6.08.